The summed E-state index contributed by atoms with van der Waals surface area (Å²) in [5.41, 5.74) is 6.45. The first-order valence-corrected chi connectivity index (χ1v) is 15.6. The molecule has 0 spiro atoms. The van der Waals surface area contributed by atoms with Crippen LogP contribution in [-0.4, -0.2) is 46.7 Å². The normalized spacial score (nSPS) is 20.9. The SMILES string of the molecule is O=C1c2ccc(C3CCN(Cc4c[nH]c5ccc(F)cc45)CC3)cc2CC1CC1CCN(Cc2ccccc2F)CC1. The van der Waals surface area contributed by atoms with Gasteiger partial charge in [0.25, 0.3) is 0 Å². The number of aromatic nitrogens is 1. The number of fused-ring (bicyclic) bond motifs is 2. The van der Waals surface area contributed by atoms with Crippen molar-refractivity contribution in [2.75, 3.05) is 26.2 Å². The lowest BCUT2D eigenvalue weighted by molar-refractivity contribution is 0.0895. The molecule has 218 valence electrons. The van der Waals surface area contributed by atoms with Crippen LogP contribution in [0, 0.1) is 23.5 Å². The molecule has 2 fully saturated rings. The van der Waals surface area contributed by atoms with Crippen LogP contribution in [0.15, 0.2) is 66.9 Å². The Morgan fingerprint density at radius 3 is 2.33 bits per heavy atom. The van der Waals surface area contributed by atoms with Crippen molar-refractivity contribution in [3.63, 3.8) is 0 Å². The number of Topliss-reactive ketones (excluding diaryl/α,β-unsaturated/α-hetero) is 1. The number of carbonyl (C=O) groups excluding carboxylic acids is 1. The molecule has 3 aliphatic rings. The van der Waals surface area contributed by atoms with Crippen LogP contribution in [0.4, 0.5) is 8.78 Å². The minimum atomic E-state index is -0.193. The van der Waals surface area contributed by atoms with Gasteiger partial charge in [0.1, 0.15) is 11.6 Å². The molecule has 2 saturated heterocycles. The summed E-state index contributed by atoms with van der Waals surface area (Å²) in [6, 6.07) is 18.6. The molecule has 1 aromatic heterocycles. The molecule has 1 unspecified atom stereocenters. The number of H-pyrrole nitrogens is 1. The Kier molecular flexibility index (Phi) is 7.68. The van der Waals surface area contributed by atoms with E-state index in [1.54, 1.807) is 12.1 Å². The maximum atomic E-state index is 14.1. The third-order valence-electron chi connectivity index (χ3n) is 10.1. The van der Waals surface area contributed by atoms with E-state index in [4.69, 9.17) is 0 Å². The molecule has 2 aliphatic heterocycles. The molecule has 1 atom stereocenters. The number of halogens is 2. The molecule has 0 amide bonds. The summed E-state index contributed by atoms with van der Waals surface area (Å²) in [4.78, 5) is 21.4. The Balaban J connectivity index is 0.914. The first kappa shape index (κ1) is 27.5. The van der Waals surface area contributed by atoms with Gasteiger partial charge in [-0.1, -0.05) is 36.4 Å². The second kappa shape index (κ2) is 11.7. The monoisotopic (exact) mass is 567 g/mol. The van der Waals surface area contributed by atoms with Crippen LogP contribution in [0.25, 0.3) is 10.9 Å². The van der Waals surface area contributed by atoms with Gasteiger partial charge in [0.05, 0.1) is 0 Å². The lowest BCUT2D eigenvalue weighted by Gasteiger charge is -2.33. The van der Waals surface area contributed by atoms with Gasteiger partial charge < -0.3 is 4.98 Å². The molecular formula is C36H39F2N3O. The molecular weight excluding hydrogens is 528 g/mol. The van der Waals surface area contributed by atoms with Crippen molar-refractivity contribution >= 4 is 16.7 Å². The van der Waals surface area contributed by atoms with Crippen LogP contribution in [0.3, 0.4) is 0 Å². The number of nitrogens with one attached hydrogen (secondary N) is 1. The van der Waals surface area contributed by atoms with E-state index in [9.17, 15) is 13.6 Å². The minimum absolute atomic E-state index is 0.0984. The summed E-state index contributed by atoms with van der Waals surface area (Å²) in [5, 5.41) is 0.975. The molecule has 0 saturated carbocycles. The van der Waals surface area contributed by atoms with E-state index >= 15 is 0 Å². The quantitative estimate of drug-likeness (QED) is 0.252. The summed E-state index contributed by atoms with van der Waals surface area (Å²) < 4.78 is 27.9. The topological polar surface area (TPSA) is 39.3 Å². The summed E-state index contributed by atoms with van der Waals surface area (Å²) >= 11 is 0. The first-order chi connectivity index (χ1) is 20.5. The average Bonchev–Trinajstić information content (AvgIpc) is 3.54. The molecule has 6 heteroatoms. The van der Waals surface area contributed by atoms with Gasteiger partial charge in [0.2, 0.25) is 0 Å². The maximum Gasteiger partial charge on any atom is 0.166 e. The molecule has 42 heavy (non-hydrogen) atoms. The van der Waals surface area contributed by atoms with Gasteiger partial charge in [0, 0.05) is 47.2 Å². The van der Waals surface area contributed by atoms with Crippen molar-refractivity contribution < 1.29 is 13.6 Å². The van der Waals surface area contributed by atoms with E-state index in [-0.39, 0.29) is 17.6 Å². The molecule has 1 N–H and O–H groups in total. The van der Waals surface area contributed by atoms with Crippen LogP contribution in [0.5, 0.6) is 0 Å². The number of rotatable bonds is 7. The summed E-state index contributed by atoms with van der Waals surface area (Å²) in [6.45, 7) is 5.46. The highest BCUT2D eigenvalue weighted by Gasteiger charge is 2.34. The number of likely N-dealkylation sites (tertiary alicyclic amines) is 2. The van der Waals surface area contributed by atoms with E-state index in [1.807, 2.05) is 24.4 Å². The molecule has 1 aliphatic carbocycles. The number of aromatic amines is 1. The van der Waals surface area contributed by atoms with Crippen molar-refractivity contribution in [2.24, 2.45) is 11.8 Å². The fourth-order valence-electron chi connectivity index (χ4n) is 7.64. The Bertz CT molecular complexity index is 1580. The van der Waals surface area contributed by atoms with Crippen molar-refractivity contribution in [3.8, 4) is 0 Å². The van der Waals surface area contributed by atoms with Crippen LogP contribution in [-0.2, 0) is 19.5 Å². The van der Waals surface area contributed by atoms with Crippen molar-refractivity contribution in [2.45, 2.75) is 57.5 Å². The second-order valence-electron chi connectivity index (χ2n) is 12.8. The Hall–Kier alpha value is -3.35. The number of ketones is 1. The molecule has 3 aromatic carbocycles. The van der Waals surface area contributed by atoms with E-state index < -0.39 is 0 Å². The van der Waals surface area contributed by atoms with Crippen molar-refractivity contribution in [1.29, 1.82) is 0 Å². The first-order valence-electron chi connectivity index (χ1n) is 15.6. The highest BCUT2D eigenvalue weighted by Crippen LogP contribution is 2.37. The zero-order valence-electron chi connectivity index (χ0n) is 24.1. The fourth-order valence-corrected chi connectivity index (χ4v) is 7.64. The van der Waals surface area contributed by atoms with Gasteiger partial charge in [0.15, 0.2) is 5.78 Å². The zero-order chi connectivity index (χ0) is 28.6. The number of benzene rings is 3. The number of hydrogen-bond donors (Lipinski definition) is 1. The predicted molar refractivity (Wildman–Crippen MR) is 162 cm³/mol. The average molecular weight is 568 g/mol. The van der Waals surface area contributed by atoms with Crippen LogP contribution in [0.1, 0.15) is 70.6 Å². The van der Waals surface area contributed by atoms with Crippen LogP contribution in [0.2, 0.25) is 0 Å². The van der Waals surface area contributed by atoms with E-state index in [0.717, 1.165) is 98.8 Å². The molecule has 3 heterocycles. The number of piperidine rings is 2. The van der Waals surface area contributed by atoms with Gasteiger partial charge in [-0.3, -0.25) is 14.6 Å². The third kappa shape index (κ3) is 5.67. The Morgan fingerprint density at radius 2 is 1.55 bits per heavy atom. The lowest BCUT2D eigenvalue weighted by atomic mass is 9.85. The zero-order valence-corrected chi connectivity index (χ0v) is 24.1. The molecule has 0 radical (unpaired) electrons. The number of nitrogens with zero attached hydrogens (tertiary/aromatic N) is 2. The number of carbonyl (C=O) groups is 1. The molecule has 4 aromatic rings. The fraction of sp³-hybridized carbons (Fsp3) is 0.417. The minimum Gasteiger partial charge on any atom is -0.361 e. The molecule has 0 bridgehead atoms. The smallest absolute Gasteiger partial charge is 0.166 e. The Morgan fingerprint density at radius 1 is 0.810 bits per heavy atom. The van der Waals surface area contributed by atoms with Gasteiger partial charge in [-0.15, -0.1) is 0 Å². The maximum absolute atomic E-state index is 14.1. The van der Waals surface area contributed by atoms with Gasteiger partial charge in [-0.25, -0.2) is 8.78 Å². The largest absolute Gasteiger partial charge is 0.361 e. The lowest BCUT2D eigenvalue weighted by Crippen LogP contribution is -2.34. The van der Waals surface area contributed by atoms with Crippen LogP contribution >= 0.6 is 0 Å². The predicted octanol–water partition coefficient (Wildman–Crippen LogP) is 7.48. The highest BCUT2D eigenvalue weighted by molar-refractivity contribution is 6.02. The molecule has 7 rings (SSSR count). The van der Waals surface area contributed by atoms with E-state index in [1.165, 1.54) is 23.3 Å². The highest BCUT2D eigenvalue weighted by atomic mass is 19.1. The van der Waals surface area contributed by atoms with Crippen molar-refractivity contribution in [1.82, 2.24) is 14.8 Å². The van der Waals surface area contributed by atoms with Gasteiger partial charge >= 0.3 is 0 Å². The van der Waals surface area contributed by atoms with Gasteiger partial charge in [-0.2, -0.15) is 0 Å². The second-order valence-corrected chi connectivity index (χ2v) is 12.8. The van der Waals surface area contributed by atoms with E-state index in [0.29, 0.717) is 24.2 Å². The standard InChI is InChI=1S/C36H39F2N3O/c37-31-6-8-35-33(20-31)30(21-39-35)23-41-15-11-25(12-16-41)26-5-7-32-28(18-26)19-29(36(32)42)17-24-9-13-40(14-10-24)22-27-3-1-2-4-34(27)38/h1-8,18,20-21,24-25,29,39H,9-17,19,22-23H2. The number of hydrogen-bond acceptors (Lipinski definition) is 3. The third-order valence-corrected chi connectivity index (χ3v) is 10.1. The van der Waals surface area contributed by atoms with Gasteiger partial charge in [-0.05, 0) is 117 Å². The van der Waals surface area contributed by atoms with Crippen LogP contribution < -0.4 is 0 Å². The van der Waals surface area contributed by atoms with E-state index in [2.05, 4.69) is 33.0 Å². The summed E-state index contributed by atoms with van der Waals surface area (Å²) in [5.74, 6) is 1.18. The summed E-state index contributed by atoms with van der Waals surface area (Å²) in [6.07, 6.45) is 8.19. The summed E-state index contributed by atoms with van der Waals surface area (Å²) in [7, 11) is 0. The molecule has 4 nitrogen and oxygen atoms in total. The Labute approximate surface area is 246 Å². The van der Waals surface area contributed by atoms with Crippen molar-refractivity contribution in [3.05, 3.63) is 106 Å².